The van der Waals surface area contributed by atoms with Crippen molar-refractivity contribution in [2.75, 3.05) is 26.2 Å². The summed E-state index contributed by atoms with van der Waals surface area (Å²) in [7, 11) is 0. The highest BCUT2D eigenvalue weighted by molar-refractivity contribution is 4.73. The molecule has 2 unspecified atom stereocenters. The van der Waals surface area contributed by atoms with Gasteiger partial charge in [0.2, 0.25) is 0 Å². The molecule has 0 bridgehead atoms. The van der Waals surface area contributed by atoms with Crippen LogP contribution in [0.15, 0.2) is 5.18 Å². The van der Waals surface area contributed by atoms with Gasteiger partial charge in [-0.15, -0.1) is 0 Å². The number of hydrogen-bond acceptors (Lipinski definition) is 5. The number of nitrogens with one attached hydrogen (secondary N) is 1. The van der Waals surface area contributed by atoms with Gasteiger partial charge in [-0.2, -0.15) is 4.91 Å². The molecule has 0 rings (SSSR count). The van der Waals surface area contributed by atoms with E-state index in [0.29, 0.717) is 25.0 Å². The molecule has 5 N–H and O–H groups in total. The minimum atomic E-state index is 0.390. The van der Waals surface area contributed by atoms with Crippen LogP contribution in [0.5, 0.6) is 0 Å². The molecule has 0 heterocycles. The van der Waals surface area contributed by atoms with Gasteiger partial charge in [0.05, 0.1) is 6.54 Å². The average molecular weight is 244 g/mol. The third-order valence-electron chi connectivity index (χ3n) is 3.08. The lowest BCUT2D eigenvalue weighted by molar-refractivity contribution is 0.348. The molecule has 102 valence electrons. The zero-order valence-corrected chi connectivity index (χ0v) is 11.0. The maximum absolute atomic E-state index is 9.99. The van der Waals surface area contributed by atoms with Gasteiger partial charge in [-0.25, -0.2) is 0 Å². The maximum atomic E-state index is 9.99. The SMILES string of the molecule is CCNC(CN)CC(CCN)CCCCN=O. The van der Waals surface area contributed by atoms with Gasteiger partial charge >= 0.3 is 0 Å². The van der Waals surface area contributed by atoms with Crippen molar-refractivity contribution in [2.24, 2.45) is 22.6 Å². The van der Waals surface area contributed by atoms with E-state index in [1.165, 1.54) is 0 Å². The van der Waals surface area contributed by atoms with E-state index in [4.69, 9.17) is 11.5 Å². The summed E-state index contributed by atoms with van der Waals surface area (Å²) in [6.07, 6.45) is 5.18. The number of nitrogens with zero attached hydrogens (tertiary/aromatic N) is 1. The third-order valence-corrected chi connectivity index (χ3v) is 3.08. The Hall–Kier alpha value is -0.520. The molecular weight excluding hydrogens is 216 g/mol. The number of nitrogens with two attached hydrogens (primary N) is 2. The van der Waals surface area contributed by atoms with Crippen molar-refractivity contribution < 1.29 is 0 Å². The predicted octanol–water partition coefficient (Wildman–Crippen LogP) is 1.22. The molecule has 0 spiro atoms. The summed E-state index contributed by atoms with van der Waals surface area (Å²) in [5, 5.41) is 6.27. The Labute approximate surface area is 105 Å². The molecule has 2 atom stereocenters. The van der Waals surface area contributed by atoms with Crippen LogP contribution in [0, 0.1) is 10.8 Å². The normalized spacial score (nSPS) is 14.5. The molecule has 0 saturated carbocycles. The van der Waals surface area contributed by atoms with Crippen molar-refractivity contribution in [2.45, 2.75) is 45.1 Å². The Balaban J connectivity index is 3.89. The van der Waals surface area contributed by atoms with E-state index in [-0.39, 0.29) is 0 Å². The Morgan fingerprint density at radius 1 is 1.24 bits per heavy atom. The van der Waals surface area contributed by atoms with Crippen LogP contribution < -0.4 is 16.8 Å². The molecule has 0 fully saturated rings. The summed E-state index contributed by atoms with van der Waals surface area (Å²) in [5.41, 5.74) is 11.4. The van der Waals surface area contributed by atoms with E-state index in [1.54, 1.807) is 0 Å². The van der Waals surface area contributed by atoms with Crippen molar-refractivity contribution >= 4 is 0 Å². The summed E-state index contributed by atoms with van der Waals surface area (Å²) < 4.78 is 0. The molecule has 17 heavy (non-hydrogen) atoms. The first-order valence-corrected chi connectivity index (χ1v) is 6.71. The average Bonchev–Trinajstić information content (AvgIpc) is 2.34. The van der Waals surface area contributed by atoms with Crippen LogP contribution in [-0.2, 0) is 0 Å². The van der Waals surface area contributed by atoms with Crippen LogP contribution in [0.2, 0.25) is 0 Å². The van der Waals surface area contributed by atoms with Crippen molar-refractivity contribution in [1.82, 2.24) is 5.32 Å². The van der Waals surface area contributed by atoms with Gasteiger partial charge in [-0.1, -0.05) is 24.9 Å². The fourth-order valence-corrected chi connectivity index (χ4v) is 2.18. The molecule has 0 saturated heterocycles. The minimum absolute atomic E-state index is 0.390. The summed E-state index contributed by atoms with van der Waals surface area (Å²) in [6, 6.07) is 0.390. The van der Waals surface area contributed by atoms with Crippen molar-refractivity contribution in [1.29, 1.82) is 0 Å². The largest absolute Gasteiger partial charge is 0.330 e. The lowest BCUT2D eigenvalue weighted by atomic mass is 9.91. The zero-order valence-electron chi connectivity index (χ0n) is 11.0. The lowest BCUT2D eigenvalue weighted by Crippen LogP contribution is -2.37. The van der Waals surface area contributed by atoms with Gasteiger partial charge < -0.3 is 16.8 Å². The molecule has 0 aliphatic carbocycles. The third kappa shape index (κ3) is 9.21. The number of unbranched alkanes of at least 4 members (excludes halogenated alkanes) is 1. The van der Waals surface area contributed by atoms with Gasteiger partial charge in [0.25, 0.3) is 0 Å². The highest BCUT2D eigenvalue weighted by Gasteiger charge is 2.14. The Kier molecular flexibility index (Phi) is 11.6. The van der Waals surface area contributed by atoms with Gasteiger partial charge in [0.15, 0.2) is 0 Å². The maximum Gasteiger partial charge on any atom is 0.0811 e. The molecule has 0 aromatic carbocycles. The highest BCUT2D eigenvalue weighted by atomic mass is 16.3. The van der Waals surface area contributed by atoms with E-state index in [9.17, 15) is 4.91 Å². The van der Waals surface area contributed by atoms with Gasteiger partial charge in [0, 0.05) is 12.6 Å². The standard InChI is InChI=1S/C12H28N4O/c1-2-15-12(10-14)9-11(6-7-13)5-3-4-8-16-17/h11-12,15H,2-10,13-14H2,1H3. The number of likely N-dealkylation sites (N-methyl/N-ethyl adjacent to an activating group) is 1. The summed E-state index contributed by atoms with van der Waals surface area (Å²) in [5.74, 6) is 0.610. The van der Waals surface area contributed by atoms with Gasteiger partial charge in [0.1, 0.15) is 0 Å². The van der Waals surface area contributed by atoms with Crippen LogP contribution >= 0.6 is 0 Å². The number of rotatable bonds is 12. The van der Waals surface area contributed by atoms with E-state index in [0.717, 1.165) is 45.2 Å². The van der Waals surface area contributed by atoms with E-state index < -0.39 is 0 Å². The smallest absolute Gasteiger partial charge is 0.0811 e. The number of hydrogen-bond donors (Lipinski definition) is 3. The fourth-order valence-electron chi connectivity index (χ4n) is 2.18. The fraction of sp³-hybridized carbons (Fsp3) is 1.00. The molecule has 5 nitrogen and oxygen atoms in total. The van der Waals surface area contributed by atoms with Crippen LogP contribution in [-0.4, -0.2) is 32.2 Å². The summed E-state index contributed by atoms with van der Waals surface area (Å²) >= 11 is 0. The van der Waals surface area contributed by atoms with Crippen LogP contribution in [0.3, 0.4) is 0 Å². The lowest BCUT2D eigenvalue weighted by Gasteiger charge is -2.22. The predicted molar refractivity (Wildman–Crippen MR) is 72.8 cm³/mol. The molecule has 5 heteroatoms. The summed E-state index contributed by atoms with van der Waals surface area (Å²) in [4.78, 5) is 9.99. The Morgan fingerprint density at radius 2 is 2.00 bits per heavy atom. The first-order chi connectivity index (χ1) is 8.28. The second-order valence-corrected chi connectivity index (χ2v) is 4.52. The van der Waals surface area contributed by atoms with E-state index >= 15 is 0 Å². The van der Waals surface area contributed by atoms with E-state index in [2.05, 4.69) is 17.4 Å². The minimum Gasteiger partial charge on any atom is -0.330 e. The van der Waals surface area contributed by atoms with Crippen LogP contribution in [0.1, 0.15) is 39.0 Å². The van der Waals surface area contributed by atoms with Crippen molar-refractivity contribution in [3.63, 3.8) is 0 Å². The Bertz CT molecular complexity index is 178. The molecule has 0 aromatic heterocycles. The number of nitroso groups, excluding NO2 is 1. The Morgan fingerprint density at radius 3 is 2.53 bits per heavy atom. The van der Waals surface area contributed by atoms with Crippen LogP contribution in [0.25, 0.3) is 0 Å². The zero-order chi connectivity index (χ0) is 12.9. The summed E-state index contributed by atoms with van der Waals surface area (Å²) in [6.45, 7) is 4.87. The first kappa shape index (κ1) is 16.5. The van der Waals surface area contributed by atoms with Crippen LogP contribution in [0.4, 0.5) is 0 Å². The quantitative estimate of drug-likeness (QED) is 0.355. The first-order valence-electron chi connectivity index (χ1n) is 6.71. The molecular formula is C12H28N4O. The van der Waals surface area contributed by atoms with Crippen molar-refractivity contribution in [3.8, 4) is 0 Å². The second kappa shape index (κ2) is 12.0. The topological polar surface area (TPSA) is 93.5 Å². The molecule has 0 aromatic rings. The molecule has 0 aliphatic rings. The van der Waals surface area contributed by atoms with Gasteiger partial charge in [-0.05, 0) is 38.3 Å². The van der Waals surface area contributed by atoms with Crippen molar-refractivity contribution in [3.05, 3.63) is 4.91 Å². The van der Waals surface area contributed by atoms with E-state index in [1.807, 2.05) is 0 Å². The molecule has 0 aliphatic heterocycles. The molecule has 0 radical (unpaired) electrons. The molecule has 0 amide bonds. The van der Waals surface area contributed by atoms with Gasteiger partial charge in [-0.3, -0.25) is 0 Å². The monoisotopic (exact) mass is 244 g/mol. The highest BCUT2D eigenvalue weighted by Crippen LogP contribution is 2.18. The second-order valence-electron chi connectivity index (χ2n) is 4.52.